The van der Waals surface area contributed by atoms with E-state index in [2.05, 4.69) is 20.5 Å². The van der Waals surface area contributed by atoms with Crippen LogP contribution in [-0.4, -0.2) is 21.1 Å². The second-order valence-electron chi connectivity index (χ2n) is 5.75. The molecule has 0 aliphatic carbocycles. The van der Waals surface area contributed by atoms with Crippen molar-refractivity contribution in [1.29, 1.82) is 0 Å². The van der Waals surface area contributed by atoms with Crippen LogP contribution in [-0.2, 0) is 5.75 Å². The SMILES string of the molecule is O=C(Nc1nnc(SCc2coc(-c3ccc(Cl)cc3)n2)s1)c1ccccc1F. The van der Waals surface area contributed by atoms with E-state index in [1.54, 1.807) is 24.5 Å². The number of carbonyl (C=O) groups is 1. The lowest BCUT2D eigenvalue weighted by atomic mass is 10.2. The Kier molecular flexibility index (Phi) is 5.89. The van der Waals surface area contributed by atoms with Gasteiger partial charge in [-0.3, -0.25) is 10.1 Å². The van der Waals surface area contributed by atoms with Crippen molar-refractivity contribution in [3.8, 4) is 11.5 Å². The molecule has 1 N–H and O–H groups in total. The molecule has 0 atom stereocenters. The molecule has 0 aliphatic rings. The molecule has 0 aliphatic heterocycles. The molecule has 2 aromatic heterocycles. The Bertz CT molecular complexity index is 1150. The maximum absolute atomic E-state index is 13.7. The monoisotopic (exact) mass is 446 g/mol. The minimum Gasteiger partial charge on any atom is -0.444 e. The molecule has 0 unspecified atom stereocenters. The van der Waals surface area contributed by atoms with E-state index in [0.717, 1.165) is 11.3 Å². The number of nitrogens with zero attached hydrogens (tertiary/aromatic N) is 3. The number of nitrogens with one attached hydrogen (secondary N) is 1. The molecule has 10 heteroatoms. The predicted octanol–water partition coefficient (Wildman–Crippen LogP) is 5.53. The second-order valence-corrected chi connectivity index (χ2v) is 8.38. The third-order valence-electron chi connectivity index (χ3n) is 3.73. The zero-order valence-electron chi connectivity index (χ0n) is 14.6. The van der Waals surface area contributed by atoms with Crippen LogP contribution in [0.15, 0.2) is 63.6 Å². The van der Waals surface area contributed by atoms with Crippen LogP contribution in [0.5, 0.6) is 0 Å². The van der Waals surface area contributed by atoms with Gasteiger partial charge in [-0.25, -0.2) is 9.37 Å². The number of rotatable bonds is 6. The highest BCUT2D eigenvalue weighted by Crippen LogP contribution is 2.29. The van der Waals surface area contributed by atoms with Crippen molar-refractivity contribution < 1.29 is 13.6 Å². The number of carbonyl (C=O) groups excluding carboxylic acids is 1. The van der Waals surface area contributed by atoms with Crippen LogP contribution in [0.25, 0.3) is 11.5 Å². The highest BCUT2D eigenvalue weighted by molar-refractivity contribution is 8.00. The van der Waals surface area contributed by atoms with E-state index < -0.39 is 11.7 Å². The third-order valence-corrected chi connectivity index (χ3v) is 5.99. The molecule has 2 aromatic carbocycles. The first-order chi connectivity index (χ1) is 14.1. The topological polar surface area (TPSA) is 80.9 Å². The number of halogens is 2. The number of oxazole rings is 1. The zero-order valence-corrected chi connectivity index (χ0v) is 17.0. The summed E-state index contributed by atoms with van der Waals surface area (Å²) in [7, 11) is 0. The molecular weight excluding hydrogens is 435 g/mol. The number of benzene rings is 2. The van der Waals surface area contributed by atoms with E-state index in [1.807, 2.05) is 12.1 Å². The van der Waals surface area contributed by atoms with Gasteiger partial charge in [-0.05, 0) is 36.4 Å². The van der Waals surface area contributed by atoms with Gasteiger partial charge in [0.25, 0.3) is 5.91 Å². The number of amides is 1. The lowest BCUT2D eigenvalue weighted by Crippen LogP contribution is -2.13. The Morgan fingerprint density at radius 2 is 1.97 bits per heavy atom. The Labute approximate surface area is 178 Å². The van der Waals surface area contributed by atoms with Crippen LogP contribution in [0.4, 0.5) is 9.52 Å². The molecule has 0 saturated carbocycles. The van der Waals surface area contributed by atoms with Crippen molar-refractivity contribution in [3.63, 3.8) is 0 Å². The second kappa shape index (κ2) is 8.73. The average molecular weight is 447 g/mol. The Balaban J connectivity index is 1.36. The Morgan fingerprint density at radius 1 is 1.17 bits per heavy atom. The standard InChI is InChI=1S/C19H12ClFN4O2S2/c20-12-7-5-11(6-8-12)17-22-13(9-27-17)10-28-19-25-24-18(29-19)23-16(26)14-3-1-2-4-15(14)21/h1-9H,10H2,(H,23,24,26). The lowest BCUT2D eigenvalue weighted by molar-refractivity contribution is 0.102. The Hall–Kier alpha value is -2.75. The van der Waals surface area contributed by atoms with Gasteiger partial charge in [-0.15, -0.1) is 10.2 Å². The zero-order chi connectivity index (χ0) is 20.2. The fourth-order valence-electron chi connectivity index (χ4n) is 2.36. The number of thioether (sulfide) groups is 1. The molecule has 0 saturated heterocycles. The third kappa shape index (κ3) is 4.81. The van der Waals surface area contributed by atoms with E-state index >= 15 is 0 Å². The van der Waals surface area contributed by atoms with Gasteiger partial charge in [0.15, 0.2) is 4.34 Å². The van der Waals surface area contributed by atoms with Gasteiger partial charge >= 0.3 is 0 Å². The molecule has 1 amide bonds. The van der Waals surface area contributed by atoms with Crippen molar-refractivity contribution in [2.45, 2.75) is 10.1 Å². The molecule has 4 aromatic rings. The van der Waals surface area contributed by atoms with Gasteiger partial charge < -0.3 is 4.42 Å². The fourth-order valence-corrected chi connectivity index (χ4v) is 4.11. The molecule has 2 heterocycles. The van der Waals surface area contributed by atoms with Gasteiger partial charge in [-0.1, -0.05) is 46.8 Å². The fraction of sp³-hybridized carbons (Fsp3) is 0.0526. The van der Waals surface area contributed by atoms with E-state index in [1.165, 1.54) is 41.3 Å². The molecule has 29 heavy (non-hydrogen) atoms. The van der Waals surface area contributed by atoms with Gasteiger partial charge in [0, 0.05) is 16.3 Å². The van der Waals surface area contributed by atoms with Crippen molar-refractivity contribution in [2.75, 3.05) is 5.32 Å². The highest BCUT2D eigenvalue weighted by atomic mass is 35.5. The van der Waals surface area contributed by atoms with E-state index in [9.17, 15) is 9.18 Å². The predicted molar refractivity (Wildman–Crippen MR) is 111 cm³/mol. The normalized spacial score (nSPS) is 10.8. The molecule has 0 bridgehead atoms. The summed E-state index contributed by atoms with van der Waals surface area (Å²) < 4.78 is 19.8. The highest BCUT2D eigenvalue weighted by Gasteiger charge is 2.14. The van der Waals surface area contributed by atoms with E-state index in [-0.39, 0.29) is 5.56 Å². The summed E-state index contributed by atoms with van der Waals surface area (Å²) in [6.07, 6.45) is 1.58. The summed E-state index contributed by atoms with van der Waals surface area (Å²) in [4.78, 5) is 16.6. The van der Waals surface area contributed by atoms with Crippen molar-refractivity contribution in [3.05, 3.63) is 76.9 Å². The summed E-state index contributed by atoms with van der Waals surface area (Å²) in [5, 5.41) is 11.4. The number of aromatic nitrogens is 3. The van der Waals surface area contributed by atoms with Gasteiger partial charge in [0.1, 0.15) is 12.1 Å². The van der Waals surface area contributed by atoms with Crippen molar-refractivity contribution in [1.82, 2.24) is 15.2 Å². The number of anilines is 1. The molecular formula is C19H12ClFN4O2S2. The number of hydrogen-bond donors (Lipinski definition) is 1. The summed E-state index contributed by atoms with van der Waals surface area (Å²) in [6, 6.07) is 13.0. The summed E-state index contributed by atoms with van der Waals surface area (Å²) in [6.45, 7) is 0. The van der Waals surface area contributed by atoms with Crippen molar-refractivity contribution in [2.24, 2.45) is 0 Å². The number of hydrogen-bond acceptors (Lipinski definition) is 7. The first-order valence-corrected chi connectivity index (χ1v) is 10.5. The average Bonchev–Trinajstić information content (AvgIpc) is 3.37. The molecule has 146 valence electrons. The van der Waals surface area contributed by atoms with E-state index in [0.29, 0.717) is 26.1 Å². The van der Waals surface area contributed by atoms with Crippen molar-refractivity contribution >= 4 is 45.7 Å². The smallest absolute Gasteiger partial charge is 0.260 e. The largest absolute Gasteiger partial charge is 0.444 e. The first kappa shape index (κ1) is 19.6. The van der Waals surface area contributed by atoms with Crippen LogP contribution in [0.3, 0.4) is 0 Å². The minimum atomic E-state index is -0.591. The first-order valence-electron chi connectivity index (χ1n) is 8.31. The van der Waals surface area contributed by atoms with Crippen LogP contribution in [0.1, 0.15) is 16.1 Å². The molecule has 0 fully saturated rings. The lowest BCUT2D eigenvalue weighted by Gasteiger charge is -2.01. The molecule has 6 nitrogen and oxygen atoms in total. The summed E-state index contributed by atoms with van der Waals surface area (Å²) in [5.41, 5.74) is 1.53. The van der Waals surface area contributed by atoms with Crippen LogP contribution >= 0.6 is 34.7 Å². The van der Waals surface area contributed by atoms with Crippen LogP contribution in [0, 0.1) is 5.82 Å². The minimum absolute atomic E-state index is 0.0470. The van der Waals surface area contributed by atoms with Gasteiger partial charge in [-0.2, -0.15) is 0 Å². The Morgan fingerprint density at radius 3 is 2.76 bits per heavy atom. The molecule has 0 radical (unpaired) electrons. The van der Waals surface area contributed by atoms with Crippen LogP contribution < -0.4 is 5.32 Å². The quantitative estimate of drug-likeness (QED) is 0.310. The molecule has 0 spiro atoms. The summed E-state index contributed by atoms with van der Waals surface area (Å²) in [5.74, 6) is -0.133. The molecule has 4 rings (SSSR count). The maximum Gasteiger partial charge on any atom is 0.260 e. The van der Waals surface area contributed by atoms with Gasteiger partial charge in [0.2, 0.25) is 11.0 Å². The maximum atomic E-state index is 13.7. The summed E-state index contributed by atoms with van der Waals surface area (Å²) >= 11 is 8.49. The van der Waals surface area contributed by atoms with E-state index in [4.69, 9.17) is 16.0 Å². The van der Waals surface area contributed by atoms with Gasteiger partial charge in [0.05, 0.1) is 11.3 Å². The van der Waals surface area contributed by atoms with Crippen LogP contribution in [0.2, 0.25) is 5.02 Å².